The number of rotatable bonds is 1. The Morgan fingerprint density at radius 2 is 1.67 bits per heavy atom. The molecular weight excluding hydrogens is 247 g/mol. The number of aromatic hydroxyl groups is 1. The van der Waals surface area contributed by atoms with Gasteiger partial charge in [0.05, 0.1) is 0 Å². The largest absolute Gasteiger partial charge is 0.507 e. The normalized spacial score (nSPS) is 11.5. The molecule has 0 fully saturated rings. The van der Waals surface area contributed by atoms with Crippen LogP contribution in [-0.4, -0.2) is 10.00 Å². The highest BCUT2D eigenvalue weighted by molar-refractivity contribution is 7.16. The van der Waals surface area contributed by atoms with Gasteiger partial charge in [-0.2, -0.15) is 0 Å². The molecule has 3 nitrogen and oxygen atoms in total. The highest BCUT2D eigenvalue weighted by Gasteiger charge is 2.21. The van der Waals surface area contributed by atoms with Gasteiger partial charge in [-0.05, 0) is 47.9 Å². The first kappa shape index (κ1) is 17.2. The fourth-order valence-corrected chi connectivity index (χ4v) is 1.91. The van der Waals surface area contributed by atoms with E-state index in [4.69, 9.17) is 9.46 Å². The zero-order valence-electron chi connectivity index (χ0n) is 12.2. The van der Waals surface area contributed by atoms with Crippen molar-refractivity contribution in [2.75, 3.05) is 0 Å². The van der Waals surface area contributed by atoms with Gasteiger partial charge in [0.25, 0.3) is 0 Å². The Morgan fingerprint density at radius 3 is 2.00 bits per heavy atom. The van der Waals surface area contributed by atoms with Crippen LogP contribution in [0.2, 0.25) is 0 Å². The second-order valence-corrected chi connectivity index (χ2v) is 5.60. The summed E-state index contributed by atoms with van der Waals surface area (Å²) in [4.78, 5) is 7.10. The molecule has 0 radical (unpaired) electrons. The molecule has 0 amide bonds. The molecule has 18 heavy (non-hydrogen) atoms. The molecule has 0 aromatic heterocycles. The van der Waals surface area contributed by atoms with Crippen LogP contribution >= 0.6 is 8.69 Å². The predicted octanol–water partition coefficient (Wildman–Crippen LogP) is 3.52. The predicted molar refractivity (Wildman–Crippen MR) is 78.3 cm³/mol. The Labute approximate surface area is 111 Å². The zero-order valence-corrected chi connectivity index (χ0v) is 13.3. The van der Waals surface area contributed by atoms with Crippen molar-refractivity contribution in [3.8, 4) is 5.75 Å². The maximum Gasteiger partial charge on any atom is 0.177 e. The van der Waals surface area contributed by atoms with Gasteiger partial charge in [-0.15, -0.1) is 0 Å². The van der Waals surface area contributed by atoms with Gasteiger partial charge in [0.15, 0.2) is 8.69 Å². The smallest absolute Gasteiger partial charge is 0.177 e. The molecule has 1 unspecified atom stereocenters. The third kappa shape index (κ3) is 4.15. The number of benzene rings is 1. The molecule has 4 heteroatoms. The highest BCUT2D eigenvalue weighted by atomic mass is 31.1. The van der Waals surface area contributed by atoms with Gasteiger partial charge in [0, 0.05) is 0 Å². The second kappa shape index (κ2) is 6.96. The summed E-state index contributed by atoms with van der Waals surface area (Å²) in [5.74, 6) is 0.470. The number of phenols is 1. The van der Waals surface area contributed by atoms with Crippen LogP contribution in [0, 0.1) is 13.8 Å². The topological polar surface area (TPSA) is 57.5 Å². The van der Waals surface area contributed by atoms with E-state index in [1.807, 2.05) is 6.92 Å². The molecule has 0 aliphatic heterocycles. The monoisotopic (exact) mass is 272 g/mol. The van der Waals surface area contributed by atoms with E-state index < -0.39 is 8.69 Å². The lowest BCUT2D eigenvalue weighted by atomic mass is 9.82. The maximum atomic E-state index is 10.1. The van der Waals surface area contributed by atoms with Crippen LogP contribution in [0.15, 0.2) is 6.07 Å². The third-order valence-electron chi connectivity index (χ3n) is 3.16. The van der Waals surface area contributed by atoms with Crippen molar-refractivity contribution in [3.63, 3.8) is 0 Å². The van der Waals surface area contributed by atoms with E-state index in [0.29, 0.717) is 5.75 Å². The van der Waals surface area contributed by atoms with E-state index in [1.165, 1.54) is 11.1 Å². The van der Waals surface area contributed by atoms with E-state index in [0.717, 1.165) is 17.5 Å². The average molecular weight is 272 g/mol. The first-order chi connectivity index (χ1) is 8.20. The van der Waals surface area contributed by atoms with Crippen LogP contribution in [0.5, 0.6) is 5.75 Å². The lowest BCUT2D eigenvalue weighted by Crippen LogP contribution is -2.13. The fraction of sp³-hybridized carbons (Fsp3) is 0.571. The van der Waals surface area contributed by atoms with Crippen molar-refractivity contribution in [3.05, 3.63) is 28.3 Å². The number of hydrogen-bond donors (Lipinski definition) is 2. The molecule has 0 saturated carbocycles. The Hall–Kier alpha value is -0.790. The van der Waals surface area contributed by atoms with E-state index in [2.05, 4.69) is 40.7 Å². The standard InChI is InChI=1S/C14H22O.H3O2P/c1-7-11-8-12(14(4,5)6)13(15)10(3)9(11)2;1-3-2/h8,15H,7H2,1-6H3;3H2,(H,1,2). The van der Waals surface area contributed by atoms with Gasteiger partial charge < -0.3 is 10.00 Å². The summed E-state index contributed by atoms with van der Waals surface area (Å²) in [7, 11) is -1.50. The Bertz CT molecular complexity index is 420. The van der Waals surface area contributed by atoms with Crippen LogP contribution in [0.1, 0.15) is 49.9 Å². The van der Waals surface area contributed by atoms with Crippen molar-refractivity contribution in [2.24, 2.45) is 0 Å². The summed E-state index contributed by atoms with van der Waals surface area (Å²) in [5, 5.41) is 10.1. The molecule has 0 bridgehead atoms. The van der Waals surface area contributed by atoms with Crippen LogP contribution in [0.25, 0.3) is 0 Å². The molecule has 0 aliphatic rings. The molecule has 1 atom stereocenters. The average Bonchev–Trinajstić information content (AvgIpc) is 2.26. The maximum absolute atomic E-state index is 10.1. The van der Waals surface area contributed by atoms with Crippen molar-refractivity contribution in [1.82, 2.24) is 0 Å². The van der Waals surface area contributed by atoms with Gasteiger partial charge in [-0.1, -0.05) is 33.8 Å². The minimum absolute atomic E-state index is 0.00641. The molecule has 0 heterocycles. The first-order valence-electron chi connectivity index (χ1n) is 6.11. The number of phenolic OH excluding ortho intramolecular Hbond substituents is 1. The van der Waals surface area contributed by atoms with Crippen molar-refractivity contribution >= 4 is 8.69 Å². The minimum Gasteiger partial charge on any atom is -0.507 e. The van der Waals surface area contributed by atoms with Crippen molar-refractivity contribution < 1.29 is 14.6 Å². The lowest BCUT2D eigenvalue weighted by molar-refractivity contribution is 0.441. The summed E-state index contributed by atoms with van der Waals surface area (Å²) in [6.07, 6.45) is 1.02. The molecule has 2 N–H and O–H groups in total. The first-order valence-corrected chi connectivity index (χ1v) is 7.09. The van der Waals surface area contributed by atoms with Gasteiger partial charge >= 0.3 is 0 Å². The van der Waals surface area contributed by atoms with Crippen LogP contribution < -0.4 is 0 Å². The summed E-state index contributed by atoms with van der Waals surface area (Å²) in [6, 6.07) is 2.15. The highest BCUT2D eigenvalue weighted by Crippen LogP contribution is 2.36. The van der Waals surface area contributed by atoms with Gasteiger partial charge in [-0.3, -0.25) is 4.57 Å². The van der Waals surface area contributed by atoms with Gasteiger partial charge in [0.2, 0.25) is 0 Å². The van der Waals surface area contributed by atoms with E-state index >= 15 is 0 Å². The number of hydrogen-bond acceptors (Lipinski definition) is 2. The summed E-state index contributed by atoms with van der Waals surface area (Å²) in [5.41, 5.74) is 4.66. The van der Waals surface area contributed by atoms with Crippen LogP contribution in [-0.2, 0) is 16.4 Å². The molecule has 0 saturated heterocycles. The molecule has 0 aliphatic carbocycles. The quantitative estimate of drug-likeness (QED) is 0.769. The lowest BCUT2D eigenvalue weighted by Gasteiger charge is -2.24. The molecule has 104 valence electrons. The van der Waals surface area contributed by atoms with Crippen LogP contribution in [0.3, 0.4) is 0 Å². The minimum atomic E-state index is -1.50. The summed E-state index contributed by atoms with van der Waals surface area (Å²) >= 11 is 0. The molecule has 0 spiro atoms. The van der Waals surface area contributed by atoms with E-state index in [1.54, 1.807) is 0 Å². The van der Waals surface area contributed by atoms with Crippen molar-refractivity contribution in [1.29, 1.82) is 0 Å². The molecule has 1 aromatic carbocycles. The Morgan fingerprint density at radius 1 is 1.22 bits per heavy atom. The Balaban J connectivity index is 0.000000873. The van der Waals surface area contributed by atoms with E-state index in [9.17, 15) is 5.11 Å². The molecular formula is C14H25O3P. The van der Waals surface area contributed by atoms with Crippen LogP contribution in [0.4, 0.5) is 0 Å². The number of aryl methyl sites for hydroxylation is 1. The molecule has 1 rings (SSSR count). The SMILES string of the molecule is CCc1cc(C(C)(C)C)c(O)c(C)c1C.O=[PH2]O. The molecule has 1 aromatic rings. The second-order valence-electron chi connectivity index (χ2n) is 5.39. The van der Waals surface area contributed by atoms with E-state index in [-0.39, 0.29) is 5.41 Å². The third-order valence-corrected chi connectivity index (χ3v) is 3.16. The van der Waals surface area contributed by atoms with Crippen molar-refractivity contribution in [2.45, 2.75) is 53.4 Å². The van der Waals surface area contributed by atoms with Gasteiger partial charge in [-0.25, -0.2) is 0 Å². The Kier molecular flexibility index (Phi) is 6.66. The zero-order chi connectivity index (χ0) is 14.5. The summed E-state index contributed by atoms with van der Waals surface area (Å²) in [6.45, 7) is 12.6. The fourth-order valence-electron chi connectivity index (χ4n) is 1.91. The summed E-state index contributed by atoms with van der Waals surface area (Å²) < 4.78 is 8.57. The van der Waals surface area contributed by atoms with Gasteiger partial charge in [0.1, 0.15) is 5.75 Å².